The predicted molar refractivity (Wildman–Crippen MR) is 106 cm³/mol. The first-order chi connectivity index (χ1) is 13.6. The predicted octanol–water partition coefficient (Wildman–Crippen LogP) is 2.30. The summed E-state index contributed by atoms with van der Waals surface area (Å²) in [5, 5.41) is 0. The molecule has 1 aliphatic rings. The lowest BCUT2D eigenvalue weighted by atomic mass is 10.0. The number of rotatable bonds is 7. The summed E-state index contributed by atoms with van der Waals surface area (Å²) in [5.41, 5.74) is 8.02. The summed E-state index contributed by atoms with van der Waals surface area (Å²) in [4.78, 5) is 26.9. The minimum atomic E-state index is -0.698. The number of esters is 1. The molecule has 3 rings (SSSR count). The topological polar surface area (TPSA) is 81.9 Å². The van der Waals surface area contributed by atoms with Crippen molar-refractivity contribution in [2.24, 2.45) is 5.73 Å². The minimum absolute atomic E-state index is 0.204. The van der Waals surface area contributed by atoms with Gasteiger partial charge in [-0.05, 0) is 42.5 Å². The van der Waals surface area contributed by atoms with Gasteiger partial charge in [-0.2, -0.15) is 0 Å². The number of hydrogen-bond donors (Lipinski definition) is 1. The van der Waals surface area contributed by atoms with Gasteiger partial charge in [0.2, 0.25) is 5.91 Å². The number of nitrogens with zero attached hydrogens (tertiary/aromatic N) is 1. The maximum Gasteiger partial charge on any atom is 0.329 e. The summed E-state index contributed by atoms with van der Waals surface area (Å²) in [6, 6.07) is 15.7. The molecule has 28 heavy (non-hydrogen) atoms. The van der Waals surface area contributed by atoms with Gasteiger partial charge in [-0.15, -0.1) is 0 Å². The number of likely N-dealkylation sites (tertiary alicyclic amines) is 1. The molecule has 1 heterocycles. The number of carbonyl (C=O) groups excluding carboxylic acids is 2. The third-order valence-electron chi connectivity index (χ3n) is 4.96. The number of ether oxygens (including phenoxy) is 2. The number of carbonyl (C=O) groups is 2. The van der Waals surface area contributed by atoms with Crippen LogP contribution >= 0.6 is 0 Å². The standard InChI is InChI=1S/C22H26N2O4/c1-27-18-11-9-16(10-12-18)14-19(23)21(25)24-13-5-8-20(24)22(26)28-15-17-6-3-2-4-7-17/h2-4,6-7,9-12,19-20H,5,8,13-15,23H2,1H3/t19-,20-/m0/s1. The quantitative estimate of drug-likeness (QED) is 0.743. The van der Waals surface area contributed by atoms with E-state index in [0.29, 0.717) is 19.4 Å². The molecule has 2 aromatic carbocycles. The van der Waals surface area contributed by atoms with Gasteiger partial charge in [0.15, 0.2) is 0 Å². The Morgan fingerprint density at radius 3 is 2.50 bits per heavy atom. The normalized spacial score (nSPS) is 17.2. The Hall–Kier alpha value is -2.86. The van der Waals surface area contributed by atoms with E-state index in [9.17, 15) is 9.59 Å². The van der Waals surface area contributed by atoms with Crippen LogP contribution in [0.25, 0.3) is 0 Å². The summed E-state index contributed by atoms with van der Waals surface area (Å²) in [6.45, 7) is 0.732. The van der Waals surface area contributed by atoms with Crippen molar-refractivity contribution in [1.82, 2.24) is 4.90 Å². The Morgan fingerprint density at radius 1 is 1.11 bits per heavy atom. The maximum atomic E-state index is 12.8. The fraction of sp³-hybridized carbons (Fsp3) is 0.364. The molecule has 1 fully saturated rings. The van der Waals surface area contributed by atoms with Gasteiger partial charge in [0.25, 0.3) is 0 Å². The van der Waals surface area contributed by atoms with E-state index in [4.69, 9.17) is 15.2 Å². The average molecular weight is 382 g/mol. The first-order valence-electron chi connectivity index (χ1n) is 9.48. The Morgan fingerprint density at radius 2 is 1.82 bits per heavy atom. The molecule has 0 radical (unpaired) electrons. The second-order valence-electron chi connectivity index (χ2n) is 6.94. The number of amides is 1. The molecule has 1 aliphatic heterocycles. The lowest BCUT2D eigenvalue weighted by molar-refractivity contribution is -0.154. The molecule has 1 saturated heterocycles. The zero-order chi connectivity index (χ0) is 19.9. The Labute approximate surface area is 165 Å². The van der Waals surface area contributed by atoms with Crippen LogP contribution in [0.15, 0.2) is 54.6 Å². The van der Waals surface area contributed by atoms with Crippen LogP contribution in [-0.4, -0.2) is 42.5 Å². The van der Waals surface area contributed by atoms with E-state index in [2.05, 4.69) is 0 Å². The number of benzene rings is 2. The van der Waals surface area contributed by atoms with Crippen molar-refractivity contribution in [2.45, 2.75) is 38.0 Å². The van der Waals surface area contributed by atoms with E-state index < -0.39 is 12.1 Å². The summed E-state index contributed by atoms with van der Waals surface area (Å²) in [7, 11) is 1.61. The van der Waals surface area contributed by atoms with Gasteiger partial charge in [0.05, 0.1) is 13.2 Å². The van der Waals surface area contributed by atoms with Crippen LogP contribution in [0.3, 0.4) is 0 Å². The molecule has 0 unspecified atom stereocenters. The molecule has 6 nitrogen and oxygen atoms in total. The molecule has 2 atom stereocenters. The van der Waals surface area contributed by atoms with E-state index >= 15 is 0 Å². The van der Waals surface area contributed by atoms with Crippen molar-refractivity contribution in [1.29, 1.82) is 0 Å². The van der Waals surface area contributed by atoms with Crippen LogP contribution in [0.2, 0.25) is 0 Å². The van der Waals surface area contributed by atoms with Gasteiger partial charge in [0.1, 0.15) is 18.4 Å². The molecule has 0 aromatic heterocycles. The van der Waals surface area contributed by atoms with Crippen molar-refractivity contribution >= 4 is 11.9 Å². The highest BCUT2D eigenvalue weighted by atomic mass is 16.5. The van der Waals surface area contributed by atoms with Crippen LogP contribution in [0, 0.1) is 0 Å². The molecule has 2 N–H and O–H groups in total. The molecule has 0 spiro atoms. The van der Waals surface area contributed by atoms with Crippen LogP contribution in [0.5, 0.6) is 5.75 Å². The van der Waals surface area contributed by atoms with Crippen LogP contribution in [-0.2, 0) is 27.4 Å². The third kappa shape index (κ3) is 4.89. The lowest BCUT2D eigenvalue weighted by Gasteiger charge is -2.26. The molecular weight excluding hydrogens is 356 g/mol. The van der Waals surface area contributed by atoms with Crippen molar-refractivity contribution in [3.8, 4) is 5.75 Å². The average Bonchev–Trinajstić information content (AvgIpc) is 3.22. The molecule has 2 aromatic rings. The van der Waals surface area contributed by atoms with E-state index in [0.717, 1.165) is 23.3 Å². The highest BCUT2D eigenvalue weighted by molar-refractivity contribution is 5.88. The maximum absolute atomic E-state index is 12.8. The third-order valence-corrected chi connectivity index (χ3v) is 4.96. The van der Waals surface area contributed by atoms with E-state index in [1.165, 1.54) is 0 Å². The van der Waals surface area contributed by atoms with E-state index in [-0.39, 0.29) is 18.5 Å². The van der Waals surface area contributed by atoms with E-state index in [1.54, 1.807) is 12.0 Å². The summed E-state index contributed by atoms with van der Waals surface area (Å²) < 4.78 is 10.6. The number of nitrogens with two attached hydrogens (primary N) is 1. The number of hydrogen-bond acceptors (Lipinski definition) is 5. The van der Waals surface area contributed by atoms with Crippen molar-refractivity contribution in [2.75, 3.05) is 13.7 Å². The SMILES string of the molecule is COc1ccc(C[C@H](N)C(=O)N2CCC[C@H]2C(=O)OCc2ccccc2)cc1. The summed E-state index contributed by atoms with van der Waals surface area (Å²) in [6.07, 6.45) is 1.78. The fourth-order valence-corrected chi connectivity index (χ4v) is 3.42. The van der Waals surface area contributed by atoms with Gasteiger partial charge in [-0.3, -0.25) is 4.79 Å². The largest absolute Gasteiger partial charge is 0.497 e. The first kappa shape index (κ1) is 19.9. The highest BCUT2D eigenvalue weighted by Crippen LogP contribution is 2.21. The molecule has 6 heteroatoms. The Balaban J connectivity index is 1.57. The monoisotopic (exact) mass is 382 g/mol. The minimum Gasteiger partial charge on any atom is -0.497 e. The molecular formula is C22H26N2O4. The van der Waals surface area contributed by atoms with Gasteiger partial charge < -0.3 is 20.1 Å². The highest BCUT2D eigenvalue weighted by Gasteiger charge is 2.37. The summed E-state index contributed by atoms with van der Waals surface area (Å²) in [5.74, 6) is 0.172. The molecule has 1 amide bonds. The van der Waals surface area contributed by atoms with Gasteiger partial charge >= 0.3 is 5.97 Å². The molecule has 0 aliphatic carbocycles. The molecule has 0 bridgehead atoms. The second kappa shape index (κ2) is 9.37. The van der Waals surface area contributed by atoms with Crippen molar-refractivity contribution in [3.63, 3.8) is 0 Å². The van der Waals surface area contributed by atoms with Gasteiger partial charge in [-0.1, -0.05) is 42.5 Å². The summed E-state index contributed by atoms with van der Waals surface area (Å²) >= 11 is 0. The smallest absolute Gasteiger partial charge is 0.329 e. The van der Waals surface area contributed by atoms with E-state index in [1.807, 2.05) is 54.6 Å². The van der Waals surface area contributed by atoms with Crippen molar-refractivity contribution in [3.05, 3.63) is 65.7 Å². The zero-order valence-corrected chi connectivity index (χ0v) is 16.0. The fourth-order valence-electron chi connectivity index (χ4n) is 3.42. The van der Waals surface area contributed by atoms with Gasteiger partial charge in [-0.25, -0.2) is 4.79 Å². The lowest BCUT2D eigenvalue weighted by Crippen LogP contribution is -2.49. The molecule has 148 valence electrons. The number of methoxy groups -OCH3 is 1. The van der Waals surface area contributed by atoms with Gasteiger partial charge in [0, 0.05) is 6.54 Å². The van der Waals surface area contributed by atoms with Crippen LogP contribution < -0.4 is 10.5 Å². The van der Waals surface area contributed by atoms with Crippen molar-refractivity contribution < 1.29 is 19.1 Å². The van der Waals surface area contributed by atoms with Crippen LogP contribution in [0.4, 0.5) is 0 Å². The first-order valence-corrected chi connectivity index (χ1v) is 9.48. The second-order valence-corrected chi connectivity index (χ2v) is 6.94. The zero-order valence-electron chi connectivity index (χ0n) is 16.0. The Kier molecular flexibility index (Phi) is 6.66. The van der Waals surface area contributed by atoms with Crippen LogP contribution in [0.1, 0.15) is 24.0 Å². The molecule has 0 saturated carbocycles. The Bertz CT molecular complexity index is 792.